The molecule has 0 bridgehead atoms. The van der Waals surface area contributed by atoms with Gasteiger partial charge in [-0.1, -0.05) is 18.2 Å². The maximum Gasteiger partial charge on any atom is 0.354 e. The number of aromatic nitrogens is 1. The van der Waals surface area contributed by atoms with Crippen molar-refractivity contribution in [3.8, 4) is 5.75 Å². The molecule has 0 saturated carbocycles. The van der Waals surface area contributed by atoms with Gasteiger partial charge in [-0.2, -0.15) is 0 Å². The summed E-state index contributed by atoms with van der Waals surface area (Å²) in [6.07, 6.45) is 0. The molecule has 1 N–H and O–H groups in total. The number of amides is 1. The first-order chi connectivity index (χ1) is 11.5. The molecule has 1 heterocycles. The summed E-state index contributed by atoms with van der Waals surface area (Å²) in [4.78, 5) is 29.4. The average Bonchev–Trinajstić information content (AvgIpc) is 2.62. The van der Waals surface area contributed by atoms with Crippen molar-refractivity contribution in [2.75, 3.05) is 13.7 Å². The van der Waals surface area contributed by atoms with Gasteiger partial charge in [0.15, 0.2) is 0 Å². The maximum atomic E-state index is 12.8. The predicted molar refractivity (Wildman–Crippen MR) is 89.3 cm³/mol. The molecular weight excluding hydrogens is 308 g/mol. The van der Waals surface area contributed by atoms with Gasteiger partial charge in [-0.3, -0.25) is 4.79 Å². The molecule has 1 amide bonds. The summed E-state index contributed by atoms with van der Waals surface area (Å²) in [5.74, 6) is -0.752. The van der Waals surface area contributed by atoms with E-state index in [1.807, 2.05) is 38.1 Å². The standard InChI is InChI=1S/C18H20N2O4/c1-4-20(12(2)13-7-5-8-14(11-13)24-3)17(21)15-9-6-10-16(19-15)18(22)23/h5-12H,4H2,1-3H3,(H,22,23). The van der Waals surface area contributed by atoms with Crippen molar-refractivity contribution < 1.29 is 19.4 Å². The number of hydrogen-bond acceptors (Lipinski definition) is 4. The van der Waals surface area contributed by atoms with Crippen LogP contribution in [0, 0.1) is 0 Å². The Hall–Kier alpha value is -2.89. The second-order valence-electron chi connectivity index (χ2n) is 5.26. The van der Waals surface area contributed by atoms with Gasteiger partial charge in [-0.05, 0) is 43.7 Å². The van der Waals surface area contributed by atoms with Gasteiger partial charge >= 0.3 is 5.97 Å². The molecule has 0 aliphatic heterocycles. The number of hydrogen-bond donors (Lipinski definition) is 1. The zero-order valence-corrected chi connectivity index (χ0v) is 13.9. The molecule has 24 heavy (non-hydrogen) atoms. The molecule has 1 aromatic carbocycles. The Kier molecular flexibility index (Phi) is 5.52. The van der Waals surface area contributed by atoms with Crippen LogP contribution in [0.15, 0.2) is 42.5 Å². The molecule has 1 atom stereocenters. The number of carbonyl (C=O) groups excluding carboxylic acids is 1. The van der Waals surface area contributed by atoms with E-state index in [1.165, 1.54) is 18.2 Å². The van der Waals surface area contributed by atoms with Gasteiger partial charge < -0.3 is 14.7 Å². The SMILES string of the molecule is CCN(C(=O)c1cccc(C(=O)O)n1)C(C)c1cccc(OC)c1. The van der Waals surface area contributed by atoms with Gasteiger partial charge in [0.2, 0.25) is 0 Å². The van der Waals surface area contributed by atoms with E-state index in [4.69, 9.17) is 9.84 Å². The van der Waals surface area contributed by atoms with Gasteiger partial charge in [-0.15, -0.1) is 0 Å². The number of methoxy groups -OCH3 is 1. The zero-order valence-electron chi connectivity index (χ0n) is 13.9. The molecule has 6 heteroatoms. The van der Waals surface area contributed by atoms with Gasteiger partial charge in [0.05, 0.1) is 13.2 Å². The highest BCUT2D eigenvalue weighted by Gasteiger charge is 2.23. The molecule has 0 aliphatic carbocycles. The number of rotatable bonds is 6. The molecule has 0 radical (unpaired) electrons. The third-order valence-electron chi connectivity index (χ3n) is 3.83. The largest absolute Gasteiger partial charge is 0.497 e. The maximum absolute atomic E-state index is 12.8. The first-order valence-corrected chi connectivity index (χ1v) is 7.63. The Morgan fingerprint density at radius 1 is 1.21 bits per heavy atom. The molecule has 2 rings (SSSR count). The van der Waals surface area contributed by atoms with Crippen molar-refractivity contribution in [3.05, 3.63) is 59.4 Å². The molecule has 2 aromatic rings. The van der Waals surface area contributed by atoms with Gasteiger partial charge in [0.1, 0.15) is 17.1 Å². The molecule has 0 aliphatic rings. The molecule has 0 saturated heterocycles. The van der Waals surface area contributed by atoms with E-state index in [9.17, 15) is 9.59 Å². The summed E-state index contributed by atoms with van der Waals surface area (Å²) in [7, 11) is 1.59. The minimum absolute atomic E-state index is 0.117. The fourth-order valence-corrected chi connectivity index (χ4v) is 2.49. The van der Waals surface area contributed by atoms with Gasteiger partial charge in [0, 0.05) is 6.54 Å². The number of aromatic carboxylic acids is 1. The minimum atomic E-state index is -1.16. The minimum Gasteiger partial charge on any atom is -0.497 e. The lowest BCUT2D eigenvalue weighted by atomic mass is 10.1. The Bertz CT molecular complexity index is 745. The number of ether oxygens (including phenoxy) is 1. The highest BCUT2D eigenvalue weighted by atomic mass is 16.5. The Labute approximate surface area is 140 Å². The molecule has 1 unspecified atom stereocenters. The van der Waals surface area contributed by atoms with Crippen LogP contribution in [0.4, 0.5) is 0 Å². The highest BCUT2D eigenvalue weighted by Crippen LogP contribution is 2.25. The summed E-state index contributed by atoms with van der Waals surface area (Å²) in [5.41, 5.74) is 0.899. The van der Waals surface area contributed by atoms with E-state index >= 15 is 0 Å². The molecule has 0 fully saturated rings. The number of benzene rings is 1. The fraction of sp³-hybridized carbons (Fsp3) is 0.278. The Morgan fingerprint density at radius 2 is 1.88 bits per heavy atom. The van der Waals surface area contributed by atoms with E-state index in [1.54, 1.807) is 12.0 Å². The topological polar surface area (TPSA) is 79.7 Å². The molecule has 0 spiro atoms. The third-order valence-corrected chi connectivity index (χ3v) is 3.83. The summed E-state index contributed by atoms with van der Waals surface area (Å²) >= 11 is 0. The van der Waals surface area contributed by atoms with Crippen molar-refractivity contribution in [1.29, 1.82) is 0 Å². The molecule has 126 valence electrons. The summed E-state index contributed by atoms with van der Waals surface area (Å²) in [6.45, 7) is 4.25. The second-order valence-corrected chi connectivity index (χ2v) is 5.26. The molecule has 1 aromatic heterocycles. The van der Waals surface area contributed by atoms with Crippen LogP contribution >= 0.6 is 0 Å². The lowest BCUT2D eigenvalue weighted by molar-refractivity contribution is 0.0686. The van der Waals surface area contributed by atoms with Crippen molar-refractivity contribution in [2.45, 2.75) is 19.9 Å². The van der Waals surface area contributed by atoms with Crippen molar-refractivity contribution >= 4 is 11.9 Å². The smallest absolute Gasteiger partial charge is 0.354 e. The van der Waals surface area contributed by atoms with Crippen molar-refractivity contribution in [1.82, 2.24) is 9.88 Å². The third kappa shape index (κ3) is 3.71. The van der Waals surface area contributed by atoms with Crippen LogP contribution in [0.25, 0.3) is 0 Å². The van der Waals surface area contributed by atoms with Crippen LogP contribution < -0.4 is 4.74 Å². The van der Waals surface area contributed by atoms with E-state index < -0.39 is 5.97 Å². The first-order valence-electron chi connectivity index (χ1n) is 7.63. The van der Waals surface area contributed by atoms with E-state index in [0.717, 1.165) is 5.56 Å². The quantitative estimate of drug-likeness (QED) is 0.881. The van der Waals surface area contributed by atoms with Crippen LogP contribution in [-0.2, 0) is 0 Å². The Morgan fingerprint density at radius 3 is 2.50 bits per heavy atom. The number of carboxylic acid groups (broad SMARTS) is 1. The number of carbonyl (C=O) groups is 2. The van der Waals surface area contributed by atoms with Crippen LogP contribution in [-0.4, -0.2) is 40.5 Å². The van der Waals surface area contributed by atoms with Crippen LogP contribution in [0.5, 0.6) is 5.75 Å². The number of nitrogens with zero attached hydrogens (tertiary/aromatic N) is 2. The average molecular weight is 328 g/mol. The number of pyridine rings is 1. The Balaban J connectivity index is 2.31. The predicted octanol–water partition coefficient (Wildman–Crippen LogP) is 3.01. The van der Waals surface area contributed by atoms with Gasteiger partial charge in [-0.25, -0.2) is 9.78 Å². The normalized spacial score (nSPS) is 11.6. The van der Waals surface area contributed by atoms with E-state index in [2.05, 4.69) is 4.98 Å². The lowest BCUT2D eigenvalue weighted by Gasteiger charge is -2.28. The second kappa shape index (κ2) is 7.59. The number of carboxylic acids is 1. The van der Waals surface area contributed by atoms with Crippen LogP contribution in [0.3, 0.4) is 0 Å². The fourth-order valence-electron chi connectivity index (χ4n) is 2.49. The molecular formula is C18H20N2O4. The first kappa shape index (κ1) is 17.5. The van der Waals surface area contributed by atoms with E-state index in [0.29, 0.717) is 12.3 Å². The van der Waals surface area contributed by atoms with Crippen LogP contribution in [0.2, 0.25) is 0 Å². The summed E-state index contributed by atoms with van der Waals surface area (Å²) in [5, 5.41) is 9.03. The zero-order chi connectivity index (χ0) is 17.7. The van der Waals surface area contributed by atoms with E-state index in [-0.39, 0.29) is 23.3 Å². The summed E-state index contributed by atoms with van der Waals surface area (Å²) < 4.78 is 5.22. The van der Waals surface area contributed by atoms with Crippen molar-refractivity contribution in [2.24, 2.45) is 0 Å². The highest BCUT2D eigenvalue weighted by molar-refractivity contribution is 5.94. The summed E-state index contributed by atoms with van der Waals surface area (Å²) in [6, 6.07) is 11.7. The van der Waals surface area contributed by atoms with Crippen LogP contribution in [0.1, 0.15) is 46.4 Å². The van der Waals surface area contributed by atoms with Crippen molar-refractivity contribution in [3.63, 3.8) is 0 Å². The molecule has 6 nitrogen and oxygen atoms in total. The van der Waals surface area contributed by atoms with Gasteiger partial charge in [0.25, 0.3) is 5.91 Å². The monoisotopic (exact) mass is 328 g/mol. The lowest BCUT2D eigenvalue weighted by Crippen LogP contribution is -2.34.